The average Bonchev–Trinajstić information content (AvgIpc) is 2.89. The van der Waals surface area contributed by atoms with Crippen molar-refractivity contribution in [1.82, 2.24) is 14.3 Å². The van der Waals surface area contributed by atoms with Crippen LogP contribution in [0.1, 0.15) is 31.7 Å². The molecule has 0 spiro atoms. The summed E-state index contributed by atoms with van der Waals surface area (Å²) in [6.45, 7) is 1.39. The number of hydrogen-bond donors (Lipinski definition) is 0. The number of aromatic nitrogens is 3. The molecule has 0 aromatic carbocycles. The van der Waals surface area contributed by atoms with E-state index in [0.717, 1.165) is 43.0 Å². The van der Waals surface area contributed by atoms with Gasteiger partial charge in [0.25, 0.3) is 0 Å². The van der Waals surface area contributed by atoms with Gasteiger partial charge in [-0.3, -0.25) is 4.57 Å². The molecule has 0 N–H and O–H groups in total. The lowest BCUT2D eigenvalue weighted by molar-refractivity contribution is 0.0929. The molecule has 1 saturated carbocycles. The van der Waals surface area contributed by atoms with Crippen LogP contribution in [0, 0.1) is 0 Å². The molecule has 1 atom stereocenters. The van der Waals surface area contributed by atoms with Crippen LogP contribution in [0.5, 0.6) is 0 Å². The Morgan fingerprint density at radius 1 is 1.40 bits per heavy atom. The van der Waals surface area contributed by atoms with Crippen LogP contribution >= 0.6 is 11.3 Å². The number of nitrogens with zero attached hydrogens (tertiary/aromatic N) is 3. The molecular weight excluding hydrogens is 274 g/mol. The van der Waals surface area contributed by atoms with E-state index in [4.69, 9.17) is 4.74 Å². The Morgan fingerprint density at radius 3 is 2.95 bits per heavy atom. The Hall–Kier alpha value is -1.40. The summed E-state index contributed by atoms with van der Waals surface area (Å²) in [5, 5.41) is 6.60. The quantitative estimate of drug-likeness (QED) is 0.868. The molecule has 20 heavy (non-hydrogen) atoms. The third kappa shape index (κ3) is 2.13. The summed E-state index contributed by atoms with van der Waals surface area (Å²) in [6, 6.07) is 4.38. The van der Waals surface area contributed by atoms with Gasteiger partial charge in [-0.05, 0) is 37.1 Å². The molecule has 2 aromatic heterocycles. The minimum atomic E-state index is 0.0198. The lowest BCUT2D eigenvalue weighted by Gasteiger charge is -2.07. The van der Waals surface area contributed by atoms with Gasteiger partial charge in [0.15, 0.2) is 5.82 Å². The second-order valence-electron chi connectivity index (χ2n) is 5.50. The van der Waals surface area contributed by atoms with Gasteiger partial charge in [0.05, 0.1) is 17.5 Å². The fourth-order valence-electron chi connectivity index (χ4n) is 2.76. The SMILES string of the molecule is O=c1n(CC2CCCO2)nc(-c2cccs2)n1C1CC1. The van der Waals surface area contributed by atoms with Crippen LogP contribution in [0.3, 0.4) is 0 Å². The highest BCUT2D eigenvalue weighted by Crippen LogP contribution is 2.37. The standard InChI is InChI=1S/C14H17N3O2S/c18-14-16(9-11-3-1-7-19-11)15-13(12-4-2-8-20-12)17(14)10-5-6-10/h2,4,8,10-11H,1,3,5-7,9H2. The maximum Gasteiger partial charge on any atom is 0.346 e. The predicted molar refractivity (Wildman–Crippen MR) is 77.0 cm³/mol. The van der Waals surface area contributed by atoms with Gasteiger partial charge in [0.2, 0.25) is 0 Å². The third-order valence-electron chi connectivity index (χ3n) is 3.92. The lowest BCUT2D eigenvalue weighted by atomic mass is 10.2. The minimum Gasteiger partial charge on any atom is -0.376 e. The van der Waals surface area contributed by atoms with E-state index in [1.54, 1.807) is 16.0 Å². The minimum absolute atomic E-state index is 0.0198. The van der Waals surface area contributed by atoms with E-state index >= 15 is 0 Å². The summed E-state index contributed by atoms with van der Waals surface area (Å²) in [7, 11) is 0. The van der Waals surface area contributed by atoms with E-state index in [0.29, 0.717) is 12.6 Å². The lowest BCUT2D eigenvalue weighted by Crippen LogP contribution is -2.29. The molecule has 2 aromatic rings. The largest absolute Gasteiger partial charge is 0.376 e. The van der Waals surface area contributed by atoms with Crippen molar-refractivity contribution >= 4 is 11.3 Å². The Morgan fingerprint density at radius 2 is 2.30 bits per heavy atom. The zero-order valence-corrected chi connectivity index (χ0v) is 12.0. The Kier molecular flexibility index (Phi) is 3.00. The number of hydrogen-bond acceptors (Lipinski definition) is 4. The van der Waals surface area contributed by atoms with Crippen molar-refractivity contribution in [3.05, 3.63) is 28.0 Å². The van der Waals surface area contributed by atoms with Crippen molar-refractivity contribution < 1.29 is 4.74 Å². The summed E-state index contributed by atoms with van der Waals surface area (Å²) in [5.41, 5.74) is 0.0198. The molecule has 0 amide bonds. The summed E-state index contributed by atoms with van der Waals surface area (Å²) < 4.78 is 9.10. The fraction of sp³-hybridized carbons (Fsp3) is 0.571. The summed E-state index contributed by atoms with van der Waals surface area (Å²) in [5.74, 6) is 0.825. The van der Waals surface area contributed by atoms with E-state index in [1.807, 2.05) is 22.1 Å². The van der Waals surface area contributed by atoms with Crippen LogP contribution in [-0.2, 0) is 11.3 Å². The van der Waals surface area contributed by atoms with Crippen molar-refractivity contribution in [3.8, 4) is 10.7 Å². The first-order valence-electron chi connectivity index (χ1n) is 7.18. The molecule has 1 saturated heterocycles. The summed E-state index contributed by atoms with van der Waals surface area (Å²) in [4.78, 5) is 13.6. The van der Waals surface area contributed by atoms with Crippen LogP contribution in [-0.4, -0.2) is 27.1 Å². The van der Waals surface area contributed by atoms with Crippen LogP contribution in [0.2, 0.25) is 0 Å². The van der Waals surface area contributed by atoms with Gasteiger partial charge in [0, 0.05) is 12.6 Å². The molecule has 106 valence electrons. The zero-order chi connectivity index (χ0) is 13.5. The summed E-state index contributed by atoms with van der Waals surface area (Å²) in [6.07, 6.45) is 4.43. The Labute approximate surface area is 120 Å². The van der Waals surface area contributed by atoms with Gasteiger partial charge in [-0.2, -0.15) is 0 Å². The molecule has 4 rings (SSSR count). The Balaban J connectivity index is 1.72. The van der Waals surface area contributed by atoms with E-state index in [9.17, 15) is 4.79 Å². The van der Waals surface area contributed by atoms with Crippen LogP contribution in [0.4, 0.5) is 0 Å². The highest BCUT2D eigenvalue weighted by Gasteiger charge is 2.31. The number of thiophene rings is 1. The van der Waals surface area contributed by atoms with Crippen LogP contribution in [0.15, 0.2) is 22.3 Å². The molecule has 2 fully saturated rings. The smallest absolute Gasteiger partial charge is 0.346 e. The van der Waals surface area contributed by atoms with Crippen molar-refractivity contribution in [2.75, 3.05) is 6.61 Å². The topological polar surface area (TPSA) is 49.1 Å². The average molecular weight is 291 g/mol. The highest BCUT2D eigenvalue weighted by molar-refractivity contribution is 7.13. The van der Waals surface area contributed by atoms with Gasteiger partial charge in [0.1, 0.15) is 0 Å². The fourth-order valence-corrected chi connectivity index (χ4v) is 3.46. The van der Waals surface area contributed by atoms with E-state index in [-0.39, 0.29) is 11.8 Å². The highest BCUT2D eigenvalue weighted by atomic mass is 32.1. The van der Waals surface area contributed by atoms with E-state index in [2.05, 4.69) is 5.10 Å². The predicted octanol–water partition coefficient (Wildman–Crippen LogP) is 2.29. The van der Waals surface area contributed by atoms with E-state index in [1.165, 1.54) is 0 Å². The van der Waals surface area contributed by atoms with Gasteiger partial charge >= 0.3 is 5.69 Å². The molecule has 3 heterocycles. The number of rotatable bonds is 4. The molecule has 2 aliphatic rings. The first-order valence-corrected chi connectivity index (χ1v) is 8.06. The van der Waals surface area contributed by atoms with Crippen LogP contribution in [0.25, 0.3) is 10.7 Å². The van der Waals surface area contributed by atoms with Crippen LogP contribution < -0.4 is 5.69 Å². The van der Waals surface area contributed by atoms with Gasteiger partial charge in [-0.25, -0.2) is 9.48 Å². The summed E-state index contributed by atoms with van der Waals surface area (Å²) >= 11 is 1.63. The first kappa shape index (κ1) is 12.3. The molecule has 6 heteroatoms. The van der Waals surface area contributed by atoms with Crippen molar-refractivity contribution in [3.63, 3.8) is 0 Å². The van der Waals surface area contributed by atoms with Crippen molar-refractivity contribution in [2.24, 2.45) is 0 Å². The first-order chi connectivity index (χ1) is 9.83. The molecule has 1 aliphatic carbocycles. The van der Waals surface area contributed by atoms with Crippen molar-refractivity contribution in [1.29, 1.82) is 0 Å². The molecule has 0 radical (unpaired) electrons. The molecule has 0 bridgehead atoms. The molecule has 1 unspecified atom stereocenters. The molecule has 1 aliphatic heterocycles. The van der Waals surface area contributed by atoms with E-state index < -0.39 is 0 Å². The zero-order valence-electron chi connectivity index (χ0n) is 11.2. The second-order valence-corrected chi connectivity index (χ2v) is 6.45. The van der Waals surface area contributed by atoms with Gasteiger partial charge < -0.3 is 4.74 Å². The maximum absolute atomic E-state index is 12.6. The second kappa shape index (κ2) is 4.86. The molecule has 5 nitrogen and oxygen atoms in total. The third-order valence-corrected chi connectivity index (χ3v) is 4.79. The molecular formula is C14H17N3O2S. The normalized spacial score (nSPS) is 22.5. The Bertz CT molecular complexity index is 649. The maximum atomic E-state index is 12.6. The number of ether oxygens (including phenoxy) is 1. The van der Waals surface area contributed by atoms with Gasteiger partial charge in [-0.15, -0.1) is 16.4 Å². The van der Waals surface area contributed by atoms with Crippen molar-refractivity contribution in [2.45, 2.75) is 44.4 Å². The monoisotopic (exact) mass is 291 g/mol. The van der Waals surface area contributed by atoms with Gasteiger partial charge in [-0.1, -0.05) is 6.07 Å².